The molecule has 0 bridgehead atoms. The Balaban J connectivity index is 1.96. The average molecular weight is 290 g/mol. The summed E-state index contributed by atoms with van der Waals surface area (Å²) in [4.78, 5) is 23.9. The van der Waals surface area contributed by atoms with E-state index in [1.54, 1.807) is 24.3 Å². The quantitative estimate of drug-likeness (QED) is 0.656. The molecule has 1 aromatic carbocycles. The van der Waals surface area contributed by atoms with E-state index < -0.39 is 0 Å². The number of esters is 1. The van der Waals surface area contributed by atoms with E-state index in [4.69, 9.17) is 10.5 Å². The third-order valence-electron chi connectivity index (χ3n) is 4.14. The Morgan fingerprint density at radius 3 is 2.71 bits per heavy atom. The zero-order valence-corrected chi connectivity index (χ0v) is 12.3. The van der Waals surface area contributed by atoms with Crippen molar-refractivity contribution in [3.63, 3.8) is 0 Å². The van der Waals surface area contributed by atoms with Crippen LogP contribution in [0.4, 0.5) is 5.69 Å². The predicted molar refractivity (Wildman–Crippen MR) is 80.7 cm³/mol. The van der Waals surface area contributed by atoms with E-state index in [1.807, 2.05) is 0 Å². The van der Waals surface area contributed by atoms with Gasteiger partial charge in [-0.25, -0.2) is 0 Å². The highest BCUT2D eigenvalue weighted by Crippen LogP contribution is 2.30. The molecule has 0 radical (unpaired) electrons. The van der Waals surface area contributed by atoms with Gasteiger partial charge in [-0.1, -0.05) is 25.0 Å². The number of amides is 1. The van der Waals surface area contributed by atoms with Gasteiger partial charge in [0.25, 0.3) is 5.91 Å². The van der Waals surface area contributed by atoms with Crippen molar-refractivity contribution in [1.82, 2.24) is 5.32 Å². The molecule has 1 aliphatic rings. The molecular formula is C16H22N2O3. The minimum Gasteiger partial charge on any atom is -0.469 e. The number of para-hydroxylation sites is 1. The number of hydrogen-bond acceptors (Lipinski definition) is 4. The largest absolute Gasteiger partial charge is 0.469 e. The van der Waals surface area contributed by atoms with Crippen molar-refractivity contribution in [1.29, 1.82) is 0 Å². The van der Waals surface area contributed by atoms with Crippen LogP contribution in [0.2, 0.25) is 0 Å². The molecule has 1 saturated carbocycles. The van der Waals surface area contributed by atoms with Crippen LogP contribution in [0.1, 0.15) is 36.0 Å². The van der Waals surface area contributed by atoms with E-state index in [0.717, 1.165) is 25.7 Å². The highest BCUT2D eigenvalue weighted by Gasteiger charge is 2.31. The number of methoxy groups -OCH3 is 1. The average Bonchev–Trinajstić information content (AvgIpc) is 2.52. The van der Waals surface area contributed by atoms with Crippen LogP contribution in [-0.2, 0) is 9.53 Å². The Labute approximate surface area is 124 Å². The topological polar surface area (TPSA) is 81.4 Å². The maximum atomic E-state index is 12.1. The van der Waals surface area contributed by atoms with E-state index >= 15 is 0 Å². The third kappa shape index (κ3) is 3.74. The Bertz CT molecular complexity index is 516. The number of anilines is 1. The minimum absolute atomic E-state index is 0.114. The van der Waals surface area contributed by atoms with Crippen LogP contribution in [0, 0.1) is 11.8 Å². The Hall–Kier alpha value is -2.04. The first-order valence-electron chi connectivity index (χ1n) is 7.34. The van der Waals surface area contributed by atoms with Crippen LogP contribution in [0.5, 0.6) is 0 Å². The van der Waals surface area contributed by atoms with Gasteiger partial charge in [-0.2, -0.15) is 0 Å². The van der Waals surface area contributed by atoms with E-state index in [0.29, 0.717) is 17.8 Å². The molecule has 1 aromatic rings. The van der Waals surface area contributed by atoms with Gasteiger partial charge in [0.05, 0.1) is 18.6 Å². The predicted octanol–water partition coefficient (Wildman–Crippen LogP) is 1.98. The molecule has 1 fully saturated rings. The molecule has 1 amide bonds. The number of benzene rings is 1. The minimum atomic E-state index is -0.192. The first kappa shape index (κ1) is 15.4. The molecule has 0 aromatic heterocycles. The molecule has 2 atom stereocenters. The smallest absolute Gasteiger partial charge is 0.309 e. The molecular weight excluding hydrogens is 268 g/mol. The molecule has 0 aliphatic heterocycles. The molecule has 1 aliphatic carbocycles. The lowest BCUT2D eigenvalue weighted by Crippen LogP contribution is -2.37. The molecule has 21 heavy (non-hydrogen) atoms. The van der Waals surface area contributed by atoms with Crippen LogP contribution in [0.3, 0.4) is 0 Å². The van der Waals surface area contributed by atoms with Crippen LogP contribution in [0.25, 0.3) is 0 Å². The summed E-state index contributed by atoms with van der Waals surface area (Å²) in [6.07, 6.45) is 3.89. The van der Waals surface area contributed by atoms with Crippen molar-refractivity contribution in [2.24, 2.45) is 11.8 Å². The zero-order chi connectivity index (χ0) is 15.2. The summed E-state index contributed by atoms with van der Waals surface area (Å²) in [6, 6.07) is 6.97. The molecule has 5 heteroatoms. The van der Waals surface area contributed by atoms with Gasteiger partial charge in [-0.05, 0) is 30.9 Å². The molecule has 3 N–H and O–H groups in total. The lowest BCUT2D eigenvalue weighted by molar-refractivity contribution is -0.148. The molecule has 114 valence electrons. The summed E-state index contributed by atoms with van der Waals surface area (Å²) in [7, 11) is 1.41. The second kappa shape index (κ2) is 7.11. The SMILES string of the molecule is COC(=O)C1CCCCC1CNC(=O)c1ccccc1N. The number of nitrogen functional groups attached to an aromatic ring is 1. The summed E-state index contributed by atoms with van der Waals surface area (Å²) < 4.78 is 4.86. The van der Waals surface area contributed by atoms with Gasteiger partial charge in [-0.3, -0.25) is 9.59 Å². The maximum Gasteiger partial charge on any atom is 0.309 e. The van der Waals surface area contributed by atoms with Crippen LogP contribution in [0.15, 0.2) is 24.3 Å². The number of ether oxygens (including phenoxy) is 1. The fourth-order valence-corrected chi connectivity index (χ4v) is 2.94. The molecule has 0 saturated heterocycles. The van der Waals surface area contributed by atoms with Gasteiger partial charge >= 0.3 is 5.97 Å². The van der Waals surface area contributed by atoms with Crippen molar-refractivity contribution in [3.8, 4) is 0 Å². The van der Waals surface area contributed by atoms with Gasteiger partial charge in [0.15, 0.2) is 0 Å². The summed E-state index contributed by atoms with van der Waals surface area (Å²) in [6.45, 7) is 0.479. The molecule has 2 rings (SSSR count). The Morgan fingerprint density at radius 2 is 2.00 bits per heavy atom. The standard InChI is InChI=1S/C16H22N2O3/c1-21-16(20)12-7-3-2-6-11(12)10-18-15(19)13-8-4-5-9-14(13)17/h4-5,8-9,11-12H,2-3,6-7,10,17H2,1H3,(H,18,19). The van der Waals surface area contributed by atoms with Gasteiger partial charge in [0.1, 0.15) is 0 Å². The van der Waals surface area contributed by atoms with Crippen molar-refractivity contribution in [3.05, 3.63) is 29.8 Å². The molecule has 5 nitrogen and oxygen atoms in total. The molecule has 0 spiro atoms. The van der Waals surface area contributed by atoms with Crippen LogP contribution < -0.4 is 11.1 Å². The fraction of sp³-hybridized carbons (Fsp3) is 0.500. The highest BCUT2D eigenvalue weighted by atomic mass is 16.5. The number of carbonyl (C=O) groups is 2. The number of nitrogens with one attached hydrogen (secondary N) is 1. The zero-order valence-electron chi connectivity index (χ0n) is 12.3. The van der Waals surface area contributed by atoms with Gasteiger partial charge in [0.2, 0.25) is 0 Å². The highest BCUT2D eigenvalue weighted by molar-refractivity contribution is 5.99. The molecule has 0 heterocycles. The first-order chi connectivity index (χ1) is 10.1. The third-order valence-corrected chi connectivity index (χ3v) is 4.14. The van der Waals surface area contributed by atoms with Gasteiger partial charge < -0.3 is 15.8 Å². The Morgan fingerprint density at radius 1 is 1.29 bits per heavy atom. The number of hydrogen-bond donors (Lipinski definition) is 2. The van der Waals surface area contributed by atoms with Crippen LogP contribution in [-0.4, -0.2) is 25.5 Å². The monoisotopic (exact) mass is 290 g/mol. The lowest BCUT2D eigenvalue weighted by Gasteiger charge is -2.29. The summed E-state index contributed by atoms with van der Waals surface area (Å²) in [5.41, 5.74) is 6.73. The number of carbonyl (C=O) groups excluding carboxylic acids is 2. The maximum absolute atomic E-state index is 12.1. The van der Waals surface area contributed by atoms with Crippen molar-refractivity contribution in [2.45, 2.75) is 25.7 Å². The van der Waals surface area contributed by atoms with Crippen molar-refractivity contribution < 1.29 is 14.3 Å². The van der Waals surface area contributed by atoms with Crippen LogP contribution >= 0.6 is 0 Å². The van der Waals surface area contributed by atoms with E-state index in [-0.39, 0.29) is 23.7 Å². The van der Waals surface area contributed by atoms with E-state index in [2.05, 4.69) is 5.32 Å². The molecule has 2 unspecified atom stereocenters. The first-order valence-corrected chi connectivity index (χ1v) is 7.34. The normalized spacial score (nSPS) is 21.6. The fourth-order valence-electron chi connectivity index (χ4n) is 2.94. The second-order valence-corrected chi connectivity index (χ2v) is 5.47. The lowest BCUT2D eigenvalue weighted by atomic mass is 9.79. The summed E-state index contributed by atoms with van der Waals surface area (Å²) in [5, 5.41) is 2.89. The van der Waals surface area contributed by atoms with Crippen molar-refractivity contribution >= 4 is 17.6 Å². The van der Waals surface area contributed by atoms with E-state index in [1.165, 1.54) is 7.11 Å². The Kier molecular flexibility index (Phi) is 5.20. The summed E-state index contributed by atoms with van der Waals surface area (Å²) >= 11 is 0. The summed E-state index contributed by atoms with van der Waals surface area (Å²) in [5.74, 6) is -0.340. The van der Waals surface area contributed by atoms with Gasteiger partial charge in [-0.15, -0.1) is 0 Å². The number of nitrogens with two attached hydrogens (primary N) is 1. The number of rotatable bonds is 4. The second-order valence-electron chi connectivity index (χ2n) is 5.47. The van der Waals surface area contributed by atoms with E-state index in [9.17, 15) is 9.59 Å². The van der Waals surface area contributed by atoms with Gasteiger partial charge in [0, 0.05) is 12.2 Å². The van der Waals surface area contributed by atoms with Crippen molar-refractivity contribution in [2.75, 3.05) is 19.4 Å².